The number of nitrogens with one attached hydrogen (secondary N) is 1. The summed E-state index contributed by atoms with van der Waals surface area (Å²) in [6.45, 7) is 0. The molecule has 0 spiro atoms. The van der Waals surface area contributed by atoms with E-state index in [4.69, 9.17) is 0 Å². The van der Waals surface area contributed by atoms with Gasteiger partial charge in [-0.3, -0.25) is 5.43 Å². The van der Waals surface area contributed by atoms with Crippen molar-refractivity contribution < 1.29 is 4.39 Å². The molecule has 2 aliphatic heterocycles. The maximum Gasteiger partial charge on any atom is 0.182 e. The van der Waals surface area contributed by atoms with Crippen molar-refractivity contribution in [2.75, 3.05) is 0 Å². The highest BCUT2D eigenvalue weighted by Crippen LogP contribution is 2.39. The molecule has 1 aromatic carbocycles. The molecule has 1 N–H and O–H groups in total. The van der Waals surface area contributed by atoms with Crippen molar-refractivity contribution in [3.63, 3.8) is 0 Å². The van der Waals surface area contributed by atoms with E-state index in [2.05, 4.69) is 26.3 Å². The molecule has 0 amide bonds. The Balaban J connectivity index is 1.90. The van der Waals surface area contributed by atoms with Crippen LogP contribution < -0.4 is 5.43 Å². The van der Waals surface area contributed by atoms with Gasteiger partial charge in [0.1, 0.15) is 6.17 Å². The molecule has 3 nitrogen and oxygen atoms in total. The topological polar surface area (TPSA) is 27.6 Å². The van der Waals surface area contributed by atoms with E-state index in [-0.39, 0.29) is 12.2 Å². The zero-order chi connectivity index (χ0) is 11.1. The molecule has 16 heavy (non-hydrogen) atoms. The van der Waals surface area contributed by atoms with E-state index in [0.29, 0.717) is 11.2 Å². The fraction of sp³-hybridized carbons (Fsp3) is 0.364. The van der Waals surface area contributed by atoms with E-state index < -0.39 is 6.17 Å². The fourth-order valence-electron chi connectivity index (χ4n) is 2.32. The first-order valence-corrected chi connectivity index (χ1v) is 6.02. The average Bonchev–Trinajstić information content (AvgIpc) is 2.80. The number of amidine groups is 1. The summed E-state index contributed by atoms with van der Waals surface area (Å²) in [5.41, 5.74) is 4.18. The molecule has 0 aliphatic carbocycles. The van der Waals surface area contributed by atoms with E-state index in [1.54, 1.807) is 0 Å². The first kappa shape index (κ1) is 10.2. The van der Waals surface area contributed by atoms with Gasteiger partial charge in [0.25, 0.3) is 0 Å². The van der Waals surface area contributed by atoms with Gasteiger partial charge in [-0.1, -0.05) is 30.3 Å². The van der Waals surface area contributed by atoms with Crippen LogP contribution in [-0.4, -0.2) is 22.1 Å². The van der Waals surface area contributed by atoms with Gasteiger partial charge in [-0.15, -0.1) is 0 Å². The van der Waals surface area contributed by atoms with Crippen LogP contribution in [0.1, 0.15) is 18.0 Å². The molecule has 1 unspecified atom stereocenters. The monoisotopic (exact) mass is 283 g/mol. The smallest absolute Gasteiger partial charge is 0.182 e. The molecule has 2 heterocycles. The molecule has 3 rings (SSSR count). The van der Waals surface area contributed by atoms with Crippen LogP contribution >= 0.6 is 15.9 Å². The van der Waals surface area contributed by atoms with Gasteiger partial charge in [0.15, 0.2) is 10.9 Å². The second kappa shape index (κ2) is 3.82. The summed E-state index contributed by atoms with van der Waals surface area (Å²) >= 11 is 3.25. The third-order valence-corrected chi connectivity index (χ3v) is 3.43. The summed E-state index contributed by atoms with van der Waals surface area (Å²) in [7, 11) is 0. The zero-order valence-corrected chi connectivity index (χ0v) is 10.1. The Morgan fingerprint density at radius 3 is 2.88 bits per heavy atom. The highest BCUT2D eigenvalue weighted by molar-refractivity contribution is 9.18. The van der Waals surface area contributed by atoms with Crippen molar-refractivity contribution in [2.45, 2.75) is 24.8 Å². The lowest BCUT2D eigenvalue weighted by Gasteiger charge is -2.22. The molecule has 1 saturated heterocycles. The van der Waals surface area contributed by atoms with Gasteiger partial charge in [0.05, 0.1) is 6.04 Å². The molecule has 2 aliphatic rings. The van der Waals surface area contributed by atoms with Gasteiger partial charge < -0.3 is 0 Å². The van der Waals surface area contributed by atoms with Crippen molar-refractivity contribution in [3.8, 4) is 0 Å². The molecule has 0 bridgehead atoms. The summed E-state index contributed by atoms with van der Waals surface area (Å²) in [6, 6.07) is 10.0. The lowest BCUT2D eigenvalue weighted by atomic mass is 10.1. The Morgan fingerprint density at radius 1 is 1.38 bits per heavy atom. The van der Waals surface area contributed by atoms with Crippen LogP contribution in [0.3, 0.4) is 0 Å². The van der Waals surface area contributed by atoms with Crippen molar-refractivity contribution in [1.82, 2.24) is 10.4 Å². The lowest BCUT2D eigenvalue weighted by molar-refractivity contribution is 0.160. The standard InChI is InChI=1S/C11H11BrFN3/c12-11-14-10-8(13)6-9(16(10)15-11)7-4-2-1-3-5-7/h1-5,8-10H,6H2,(H,14,15)/t8-,9-,10?/m1/s1. The number of alkyl halides is 1. The number of fused-ring (bicyclic) bond motifs is 1. The molecule has 0 saturated carbocycles. The van der Waals surface area contributed by atoms with E-state index >= 15 is 0 Å². The summed E-state index contributed by atoms with van der Waals surface area (Å²) in [6.07, 6.45) is -0.807. The molecule has 5 heteroatoms. The number of aliphatic imine (C=N–C) groups is 1. The quantitative estimate of drug-likeness (QED) is 0.802. The van der Waals surface area contributed by atoms with Crippen molar-refractivity contribution in [2.24, 2.45) is 4.99 Å². The van der Waals surface area contributed by atoms with E-state index in [0.717, 1.165) is 5.56 Å². The minimum atomic E-state index is -0.909. The third kappa shape index (κ3) is 1.55. The highest BCUT2D eigenvalue weighted by Gasteiger charge is 2.45. The maximum atomic E-state index is 13.8. The van der Waals surface area contributed by atoms with Crippen LogP contribution in [0.5, 0.6) is 0 Å². The van der Waals surface area contributed by atoms with Crippen molar-refractivity contribution in [3.05, 3.63) is 35.9 Å². The molecule has 1 aromatic rings. The molecular weight excluding hydrogens is 273 g/mol. The number of hydrogen-bond donors (Lipinski definition) is 1. The maximum absolute atomic E-state index is 13.8. The van der Waals surface area contributed by atoms with Crippen LogP contribution in [0.25, 0.3) is 0 Å². The Bertz CT molecular complexity index is 422. The van der Waals surface area contributed by atoms with E-state index in [9.17, 15) is 4.39 Å². The normalized spacial score (nSPS) is 33.4. The Morgan fingerprint density at radius 2 is 2.12 bits per heavy atom. The van der Waals surface area contributed by atoms with E-state index in [1.807, 2.05) is 35.3 Å². The van der Waals surface area contributed by atoms with Crippen LogP contribution in [-0.2, 0) is 0 Å². The van der Waals surface area contributed by atoms with Crippen LogP contribution in [0, 0.1) is 0 Å². The average molecular weight is 284 g/mol. The van der Waals surface area contributed by atoms with Crippen LogP contribution in [0.2, 0.25) is 0 Å². The SMILES string of the molecule is F[C@@H]1C[C@H](c2ccccc2)N2NC(Br)=NC12. The molecular formula is C11H11BrFN3. The second-order valence-electron chi connectivity index (χ2n) is 4.03. The number of benzene rings is 1. The van der Waals surface area contributed by atoms with Gasteiger partial charge in [0, 0.05) is 6.42 Å². The first-order chi connectivity index (χ1) is 7.75. The largest absolute Gasteiger partial charge is 0.295 e. The third-order valence-electron chi connectivity index (χ3n) is 3.04. The predicted octanol–water partition coefficient (Wildman–Crippen LogP) is 2.37. The van der Waals surface area contributed by atoms with Crippen LogP contribution in [0.4, 0.5) is 4.39 Å². The van der Waals surface area contributed by atoms with Gasteiger partial charge in [0.2, 0.25) is 0 Å². The number of hydrogen-bond acceptors (Lipinski definition) is 3. The first-order valence-electron chi connectivity index (χ1n) is 5.23. The molecule has 3 atom stereocenters. The number of hydrazine groups is 1. The minimum Gasteiger partial charge on any atom is -0.295 e. The summed E-state index contributed by atoms with van der Waals surface area (Å²) in [5, 5.41) is 1.88. The van der Waals surface area contributed by atoms with Crippen molar-refractivity contribution >= 4 is 20.7 Å². The molecule has 84 valence electrons. The van der Waals surface area contributed by atoms with Gasteiger partial charge >= 0.3 is 0 Å². The molecule has 0 aromatic heterocycles. The summed E-state index contributed by atoms with van der Waals surface area (Å²) < 4.78 is 14.4. The Hall–Kier alpha value is -0.940. The van der Waals surface area contributed by atoms with Gasteiger partial charge in [-0.25, -0.2) is 9.38 Å². The van der Waals surface area contributed by atoms with Crippen molar-refractivity contribution in [1.29, 1.82) is 0 Å². The number of rotatable bonds is 1. The summed E-state index contributed by atoms with van der Waals surface area (Å²) in [5.74, 6) is 0. The Kier molecular flexibility index (Phi) is 2.44. The lowest BCUT2D eigenvalue weighted by Crippen LogP contribution is -2.38. The number of halogens is 2. The van der Waals surface area contributed by atoms with Gasteiger partial charge in [-0.2, -0.15) is 5.01 Å². The molecule has 0 radical (unpaired) electrons. The molecule has 1 fully saturated rings. The summed E-state index contributed by atoms with van der Waals surface area (Å²) in [4.78, 5) is 4.18. The predicted molar refractivity (Wildman–Crippen MR) is 63.8 cm³/mol. The fourth-order valence-corrected chi connectivity index (χ4v) is 2.73. The minimum absolute atomic E-state index is 0.0556. The van der Waals surface area contributed by atoms with Crippen LogP contribution in [0.15, 0.2) is 35.3 Å². The highest BCUT2D eigenvalue weighted by atomic mass is 79.9. The van der Waals surface area contributed by atoms with E-state index in [1.165, 1.54) is 0 Å². The zero-order valence-electron chi connectivity index (χ0n) is 8.48. The number of nitrogens with zero attached hydrogens (tertiary/aromatic N) is 2. The Labute approximate surface area is 101 Å². The second-order valence-corrected chi connectivity index (χ2v) is 4.78. The van der Waals surface area contributed by atoms with Gasteiger partial charge in [-0.05, 0) is 21.5 Å².